The molecule has 0 saturated heterocycles. The van der Waals surface area contributed by atoms with E-state index in [9.17, 15) is 5.11 Å². The lowest BCUT2D eigenvalue weighted by atomic mass is 10.0. The first-order valence-corrected chi connectivity index (χ1v) is 7.33. The van der Waals surface area contributed by atoms with Crippen LogP contribution in [-0.2, 0) is 0 Å². The molecule has 4 nitrogen and oxygen atoms in total. The number of aliphatic hydroxyl groups is 1. The van der Waals surface area contributed by atoms with Crippen molar-refractivity contribution in [3.63, 3.8) is 0 Å². The first-order chi connectivity index (χ1) is 9.79. The van der Waals surface area contributed by atoms with Crippen LogP contribution in [0.2, 0.25) is 0 Å². The molecule has 21 heavy (non-hydrogen) atoms. The van der Waals surface area contributed by atoms with Crippen molar-refractivity contribution in [1.82, 2.24) is 5.32 Å². The van der Waals surface area contributed by atoms with E-state index in [2.05, 4.69) is 39.1 Å². The number of hydrogen-bond donors (Lipinski definition) is 2. The largest absolute Gasteiger partial charge is 0.491 e. The van der Waals surface area contributed by atoms with Crippen LogP contribution in [0.1, 0.15) is 33.3 Å². The van der Waals surface area contributed by atoms with Crippen LogP contribution in [0.15, 0.2) is 24.3 Å². The van der Waals surface area contributed by atoms with Gasteiger partial charge in [-0.15, -0.1) is 0 Å². The summed E-state index contributed by atoms with van der Waals surface area (Å²) in [5.74, 6) is 0.667. The standard InChI is InChI=1S/C17H24N2O2/c1-16(2)15(17(16,3)4)19-10-13(20)11-21-14-7-5-12(9-18)6-8-14/h5-8,13,15,19-20H,10-11H2,1-4H3. The molecule has 114 valence electrons. The Balaban J connectivity index is 1.73. The molecule has 1 atom stereocenters. The summed E-state index contributed by atoms with van der Waals surface area (Å²) in [6.07, 6.45) is -0.548. The van der Waals surface area contributed by atoms with Gasteiger partial charge in [0.2, 0.25) is 0 Å². The third kappa shape index (κ3) is 3.20. The van der Waals surface area contributed by atoms with Gasteiger partial charge in [0.1, 0.15) is 18.5 Å². The zero-order valence-corrected chi connectivity index (χ0v) is 13.2. The lowest BCUT2D eigenvalue weighted by Crippen LogP contribution is -2.34. The van der Waals surface area contributed by atoms with E-state index in [1.165, 1.54) is 0 Å². The van der Waals surface area contributed by atoms with E-state index in [1.807, 2.05) is 0 Å². The molecule has 1 saturated carbocycles. The third-order valence-corrected chi connectivity index (χ3v) is 5.00. The molecule has 0 spiro atoms. The quantitative estimate of drug-likeness (QED) is 0.843. The SMILES string of the molecule is CC1(C)C(NCC(O)COc2ccc(C#N)cc2)C1(C)C. The van der Waals surface area contributed by atoms with Crippen LogP contribution in [0.25, 0.3) is 0 Å². The molecule has 0 bridgehead atoms. The van der Waals surface area contributed by atoms with Crippen molar-refractivity contribution in [2.75, 3.05) is 13.2 Å². The Labute approximate surface area is 126 Å². The Morgan fingerprint density at radius 1 is 1.24 bits per heavy atom. The Morgan fingerprint density at radius 3 is 2.29 bits per heavy atom. The minimum Gasteiger partial charge on any atom is -0.491 e. The minimum atomic E-state index is -0.548. The average Bonchev–Trinajstić information content (AvgIpc) is 2.84. The van der Waals surface area contributed by atoms with Gasteiger partial charge in [-0.3, -0.25) is 0 Å². The number of rotatable bonds is 6. The number of ether oxygens (including phenoxy) is 1. The van der Waals surface area contributed by atoms with Gasteiger partial charge in [-0.05, 0) is 35.1 Å². The van der Waals surface area contributed by atoms with Crippen molar-refractivity contribution in [3.8, 4) is 11.8 Å². The Bertz CT molecular complexity index is 515. The van der Waals surface area contributed by atoms with Crippen LogP contribution < -0.4 is 10.1 Å². The molecule has 4 heteroatoms. The maximum absolute atomic E-state index is 9.99. The van der Waals surface area contributed by atoms with E-state index >= 15 is 0 Å². The second-order valence-corrected chi connectivity index (χ2v) is 6.89. The zero-order valence-electron chi connectivity index (χ0n) is 13.2. The van der Waals surface area contributed by atoms with E-state index in [0.717, 1.165) is 0 Å². The van der Waals surface area contributed by atoms with Gasteiger partial charge in [0.05, 0.1) is 11.6 Å². The highest BCUT2D eigenvalue weighted by atomic mass is 16.5. The van der Waals surface area contributed by atoms with Crippen molar-refractivity contribution in [2.45, 2.75) is 39.8 Å². The summed E-state index contributed by atoms with van der Waals surface area (Å²) < 4.78 is 5.52. The molecule has 0 heterocycles. The smallest absolute Gasteiger partial charge is 0.119 e. The monoisotopic (exact) mass is 288 g/mol. The molecule has 1 fully saturated rings. The molecule has 0 aliphatic heterocycles. The number of benzene rings is 1. The van der Waals surface area contributed by atoms with Gasteiger partial charge in [-0.25, -0.2) is 0 Å². The molecule has 0 aromatic heterocycles. The summed E-state index contributed by atoms with van der Waals surface area (Å²) in [5, 5.41) is 22.1. The first kappa shape index (κ1) is 15.8. The van der Waals surface area contributed by atoms with Gasteiger partial charge >= 0.3 is 0 Å². The van der Waals surface area contributed by atoms with Gasteiger partial charge in [-0.2, -0.15) is 5.26 Å². The lowest BCUT2D eigenvalue weighted by molar-refractivity contribution is 0.105. The Hall–Kier alpha value is -1.57. The highest BCUT2D eigenvalue weighted by molar-refractivity contribution is 5.34. The fourth-order valence-electron chi connectivity index (χ4n) is 2.84. The van der Waals surface area contributed by atoms with Crippen molar-refractivity contribution in [3.05, 3.63) is 29.8 Å². The minimum absolute atomic E-state index is 0.243. The van der Waals surface area contributed by atoms with E-state index in [-0.39, 0.29) is 17.4 Å². The highest BCUT2D eigenvalue weighted by Crippen LogP contribution is 2.62. The van der Waals surface area contributed by atoms with Gasteiger partial charge in [-0.1, -0.05) is 27.7 Å². The summed E-state index contributed by atoms with van der Waals surface area (Å²) in [4.78, 5) is 0. The van der Waals surface area contributed by atoms with Crippen LogP contribution in [0, 0.1) is 22.2 Å². The molecule has 0 radical (unpaired) electrons. The molecule has 1 aliphatic carbocycles. The molecule has 2 rings (SSSR count). The fraction of sp³-hybridized carbons (Fsp3) is 0.588. The summed E-state index contributed by atoms with van der Waals surface area (Å²) in [6.45, 7) is 9.73. The zero-order chi connectivity index (χ0) is 15.7. The van der Waals surface area contributed by atoms with Crippen molar-refractivity contribution in [1.29, 1.82) is 5.26 Å². The van der Waals surface area contributed by atoms with Crippen molar-refractivity contribution in [2.24, 2.45) is 10.8 Å². The van der Waals surface area contributed by atoms with Crippen LogP contribution >= 0.6 is 0 Å². The van der Waals surface area contributed by atoms with Crippen molar-refractivity contribution >= 4 is 0 Å². The van der Waals surface area contributed by atoms with Gasteiger partial charge in [0, 0.05) is 12.6 Å². The summed E-state index contributed by atoms with van der Waals surface area (Å²) in [6, 6.07) is 9.38. The van der Waals surface area contributed by atoms with E-state index < -0.39 is 6.10 Å². The van der Waals surface area contributed by atoms with Crippen LogP contribution in [0.3, 0.4) is 0 Å². The summed E-state index contributed by atoms with van der Waals surface area (Å²) >= 11 is 0. The fourth-order valence-corrected chi connectivity index (χ4v) is 2.84. The number of nitrogens with one attached hydrogen (secondary N) is 1. The van der Waals surface area contributed by atoms with Crippen LogP contribution in [0.4, 0.5) is 0 Å². The first-order valence-electron chi connectivity index (χ1n) is 7.33. The molecule has 2 N–H and O–H groups in total. The lowest BCUT2D eigenvalue weighted by Gasteiger charge is -2.14. The maximum Gasteiger partial charge on any atom is 0.119 e. The Kier molecular flexibility index (Phi) is 4.27. The van der Waals surface area contributed by atoms with Gasteiger partial charge < -0.3 is 15.2 Å². The third-order valence-electron chi connectivity index (χ3n) is 5.00. The number of hydrogen-bond acceptors (Lipinski definition) is 4. The predicted molar refractivity (Wildman–Crippen MR) is 82.0 cm³/mol. The van der Waals surface area contributed by atoms with E-state index in [0.29, 0.717) is 23.9 Å². The topological polar surface area (TPSA) is 65.3 Å². The number of nitrogens with zero attached hydrogens (tertiary/aromatic N) is 1. The van der Waals surface area contributed by atoms with Crippen molar-refractivity contribution < 1.29 is 9.84 Å². The Morgan fingerprint density at radius 2 is 1.81 bits per heavy atom. The molecular formula is C17H24N2O2. The molecule has 1 aromatic carbocycles. The predicted octanol–water partition coefficient (Wildman–Crippen LogP) is 2.32. The average molecular weight is 288 g/mol. The summed E-state index contributed by atoms with van der Waals surface area (Å²) in [7, 11) is 0. The second kappa shape index (κ2) is 5.67. The van der Waals surface area contributed by atoms with Gasteiger partial charge in [0.25, 0.3) is 0 Å². The van der Waals surface area contributed by atoms with E-state index in [1.54, 1.807) is 24.3 Å². The van der Waals surface area contributed by atoms with E-state index in [4.69, 9.17) is 10.00 Å². The maximum atomic E-state index is 9.99. The normalized spacial score (nSPS) is 20.6. The molecule has 1 aliphatic rings. The van der Waals surface area contributed by atoms with Gasteiger partial charge in [0.15, 0.2) is 0 Å². The molecule has 1 aromatic rings. The highest BCUT2D eigenvalue weighted by Gasteiger charge is 2.64. The molecule has 0 amide bonds. The second-order valence-electron chi connectivity index (χ2n) is 6.89. The summed E-state index contributed by atoms with van der Waals surface area (Å²) in [5.41, 5.74) is 1.13. The number of nitriles is 1. The molecule has 1 unspecified atom stereocenters. The number of aliphatic hydroxyl groups excluding tert-OH is 1. The van der Waals surface area contributed by atoms with Crippen LogP contribution in [0.5, 0.6) is 5.75 Å². The van der Waals surface area contributed by atoms with Crippen LogP contribution in [-0.4, -0.2) is 30.4 Å². The molecular weight excluding hydrogens is 264 g/mol.